The molecule has 0 atom stereocenters. The van der Waals surface area contributed by atoms with Crippen molar-refractivity contribution in [1.29, 1.82) is 0 Å². The fraction of sp³-hybridized carbons (Fsp3) is 0.189. The number of benzene rings is 3. The third kappa shape index (κ3) is 12.8. The molecule has 0 spiro atoms. The predicted octanol–water partition coefficient (Wildman–Crippen LogP) is -1.83. The highest BCUT2D eigenvalue weighted by molar-refractivity contribution is 6.58. The summed E-state index contributed by atoms with van der Waals surface area (Å²) in [6, 6.07) is 14.2. The minimum absolute atomic E-state index is 0.0666. The van der Waals surface area contributed by atoms with Crippen molar-refractivity contribution in [2.75, 3.05) is 13.2 Å². The summed E-state index contributed by atoms with van der Waals surface area (Å²) < 4.78 is 51.0. The van der Waals surface area contributed by atoms with Crippen LogP contribution in [0.3, 0.4) is 0 Å². The maximum atomic E-state index is 12.9. The summed E-state index contributed by atoms with van der Waals surface area (Å²) in [5, 5.41) is 36.4. The van der Waals surface area contributed by atoms with Gasteiger partial charge >= 0.3 is 42.1 Å². The van der Waals surface area contributed by atoms with Crippen LogP contribution in [-0.2, 0) is 30.6 Å². The molecule has 0 radical (unpaired) electrons. The molecule has 3 heterocycles. The topological polar surface area (TPSA) is 312 Å². The summed E-state index contributed by atoms with van der Waals surface area (Å²) in [5.74, 6) is -4.75. The summed E-state index contributed by atoms with van der Waals surface area (Å²) in [4.78, 5) is 106. The van der Waals surface area contributed by atoms with Gasteiger partial charge in [0.05, 0.1) is 24.6 Å². The SMILES string of the molecule is CCOC(=O)c1nn(C)c(=O)[nH]c1=O.CCOC(=O)c1nn(C)c(=O)n(-c2ccc(F)cc2)c1=O.Cn1nc(C(=O)O)c(=O)n(-c2ccc(F)cc2)c1=O.OB(O)c1ccc(F)cc1. The van der Waals surface area contributed by atoms with Gasteiger partial charge in [0.15, 0.2) is 0 Å². The molecular formula is C37H35BF3N9O14. The van der Waals surface area contributed by atoms with Gasteiger partial charge in [0.2, 0.25) is 17.1 Å². The number of hydrogen-bond donors (Lipinski definition) is 4. The highest BCUT2D eigenvalue weighted by Gasteiger charge is 2.21. The van der Waals surface area contributed by atoms with Crippen molar-refractivity contribution in [2.24, 2.45) is 21.1 Å². The van der Waals surface area contributed by atoms with E-state index in [1.54, 1.807) is 13.8 Å². The van der Waals surface area contributed by atoms with Crippen LogP contribution < -0.4 is 39.2 Å². The first-order valence-corrected chi connectivity index (χ1v) is 17.9. The van der Waals surface area contributed by atoms with Crippen molar-refractivity contribution in [1.82, 2.24) is 43.5 Å². The maximum Gasteiger partial charge on any atom is 0.488 e. The number of esters is 2. The van der Waals surface area contributed by atoms with E-state index in [4.69, 9.17) is 19.9 Å². The molecule has 3 aromatic heterocycles. The van der Waals surface area contributed by atoms with E-state index in [1.165, 1.54) is 69.7 Å². The molecule has 0 aliphatic carbocycles. The molecule has 0 aliphatic rings. The average Bonchev–Trinajstić information content (AvgIpc) is 3.24. The van der Waals surface area contributed by atoms with E-state index in [1.807, 2.05) is 4.98 Å². The highest BCUT2D eigenvalue weighted by Crippen LogP contribution is 2.06. The lowest BCUT2D eigenvalue weighted by atomic mass is 9.80. The fourth-order valence-electron chi connectivity index (χ4n) is 4.69. The van der Waals surface area contributed by atoms with Crippen LogP contribution in [0.4, 0.5) is 13.2 Å². The van der Waals surface area contributed by atoms with Crippen LogP contribution in [0.25, 0.3) is 11.4 Å². The van der Waals surface area contributed by atoms with E-state index < -0.39 is 87.5 Å². The third-order valence-electron chi connectivity index (χ3n) is 7.70. The third-order valence-corrected chi connectivity index (χ3v) is 7.70. The number of aromatic nitrogens is 9. The van der Waals surface area contributed by atoms with Gasteiger partial charge in [0.1, 0.15) is 17.5 Å². The molecule has 0 saturated heterocycles. The van der Waals surface area contributed by atoms with Gasteiger partial charge in [-0.1, -0.05) is 12.1 Å². The summed E-state index contributed by atoms with van der Waals surface area (Å²) in [6.07, 6.45) is 0. The van der Waals surface area contributed by atoms with Crippen molar-refractivity contribution >= 4 is 30.5 Å². The number of carboxylic acids is 1. The normalized spacial score (nSPS) is 10.2. The van der Waals surface area contributed by atoms with Crippen LogP contribution in [0.1, 0.15) is 45.3 Å². The predicted molar refractivity (Wildman–Crippen MR) is 215 cm³/mol. The first-order chi connectivity index (χ1) is 30.1. The smallest absolute Gasteiger partial charge is 0.476 e. The number of ether oxygens (including phenoxy) is 2. The van der Waals surface area contributed by atoms with E-state index in [0.29, 0.717) is 10.0 Å². The Morgan fingerprint density at radius 1 is 0.594 bits per heavy atom. The Morgan fingerprint density at radius 2 is 0.953 bits per heavy atom. The lowest BCUT2D eigenvalue weighted by Crippen LogP contribution is -2.43. The number of H-pyrrole nitrogens is 1. The number of nitrogens with zero attached hydrogens (tertiary/aromatic N) is 8. The Balaban J connectivity index is 0.000000235. The molecule has 0 aliphatic heterocycles. The zero-order valence-corrected chi connectivity index (χ0v) is 34.0. The molecule has 4 N–H and O–H groups in total. The Kier molecular flexibility index (Phi) is 17.6. The van der Waals surface area contributed by atoms with Crippen LogP contribution in [-0.4, -0.2) is 96.9 Å². The summed E-state index contributed by atoms with van der Waals surface area (Å²) in [5.41, 5.74) is -6.29. The zero-order chi connectivity index (χ0) is 48.0. The van der Waals surface area contributed by atoms with Crippen LogP contribution in [0.2, 0.25) is 0 Å². The van der Waals surface area contributed by atoms with Gasteiger partial charge in [-0.2, -0.15) is 15.3 Å². The first kappa shape index (κ1) is 50.0. The standard InChI is InChI=1S/C13H12FN3O4.C11H8FN3O4.C7H9N3O4.C6H6BFO2/c1-3-21-12(19)10-11(18)17(13(20)16(2)15-10)9-6-4-8(14)5-7-9;1-14-11(19)15(7-4-2-6(12)3-5-7)9(16)8(13-14)10(17)18;1-3-14-6(12)4-5(11)8-7(13)10(2)9-4;8-6-3-1-5(2-4-6)7(9)10/h4-7H,3H2,1-2H3;2-5H,1H3,(H,17,18);3H2,1-2H3,(H,8,11,13);1-4,9-10H. The molecule has 6 aromatic rings. The van der Waals surface area contributed by atoms with Crippen molar-refractivity contribution in [3.8, 4) is 11.4 Å². The average molecular weight is 898 g/mol. The van der Waals surface area contributed by atoms with Crippen LogP contribution in [0, 0.1) is 17.5 Å². The minimum atomic E-state index is -1.54. The van der Waals surface area contributed by atoms with Crippen LogP contribution in [0.15, 0.2) is 102 Å². The molecule has 64 heavy (non-hydrogen) atoms. The number of hydrogen-bond acceptors (Lipinski definition) is 16. The fourth-order valence-corrected chi connectivity index (χ4v) is 4.69. The molecular weight excluding hydrogens is 862 g/mol. The van der Waals surface area contributed by atoms with Crippen molar-refractivity contribution in [3.05, 3.63) is 170 Å². The quantitative estimate of drug-likeness (QED) is 0.0964. The van der Waals surface area contributed by atoms with E-state index in [0.717, 1.165) is 42.9 Å². The van der Waals surface area contributed by atoms with Crippen LogP contribution >= 0.6 is 0 Å². The van der Waals surface area contributed by atoms with Gasteiger partial charge in [-0.05, 0) is 80.0 Å². The Labute approximate surface area is 355 Å². The molecule has 336 valence electrons. The van der Waals surface area contributed by atoms with Gasteiger partial charge in [0.25, 0.3) is 16.7 Å². The number of halogens is 3. The zero-order valence-electron chi connectivity index (χ0n) is 34.0. The summed E-state index contributed by atoms with van der Waals surface area (Å²) in [6.45, 7) is 3.40. The number of aryl methyl sites for hydroxylation is 3. The molecule has 0 amide bonds. The van der Waals surface area contributed by atoms with Gasteiger partial charge in [-0.25, -0.2) is 65.1 Å². The van der Waals surface area contributed by atoms with E-state index >= 15 is 0 Å². The number of carbonyl (C=O) groups excluding carboxylic acids is 2. The first-order valence-electron chi connectivity index (χ1n) is 17.9. The number of carboxylic acid groups (broad SMARTS) is 1. The van der Waals surface area contributed by atoms with Crippen molar-refractivity contribution in [3.63, 3.8) is 0 Å². The summed E-state index contributed by atoms with van der Waals surface area (Å²) in [7, 11) is 2.32. The van der Waals surface area contributed by atoms with Crippen molar-refractivity contribution < 1.29 is 52.2 Å². The monoisotopic (exact) mass is 897 g/mol. The maximum absolute atomic E-state index is 12.9. The van der Waals surface area contributed by atoms with Gasteiger partial charge in [-0.15, -0.1) is 0 Å². The second-order valence-electron chi connectivity index (χ2n) is 12.1. The number of aromatic amines is 1. The van der Waals surface area contributed by atoms with E-state index in [-0.39, 0.29) is 30.4 Å². The van der Waals surface area contributed by atoms with E-state index in [9.17, 15) is 56.3 Å². The second kappa shape index (κ2) is 22.5. The molecule has 0 unspecified atom stereocenters. The minimum Gasteiger partial charge on any atom is -0.476 e. The second-order valence-corrected chi connectivity index (χ2v) is 12.1. The molecule has 27 heteroatoms. The Morgan fingerprint density at radius 3 is 1.34 bits per heavy atom. The molecule has 0 saturated carbocycles. The molecule has 3 aromatic carbocycles. The molecule has 0 bridgehead atoms. The largest absolute Gasteiger partial charge is 0.488 e. The highest BCUT2D eigenvalue weighted by atomic mass is 19.1. The Bertz CT molecular complexity index is 3000. The molecule has 23 nitrogen and oxygen atoms in total. The van der Waals surface area contributed by atoms with E-state index in [2.05, 4.69) is 20.0 Å². The number of nitrogens with one attached hydrogen (secondary N) is 1. The summed E-state index contributed by atoms with van der Waals surface area (Å²) >= 11 is 0. The van der Waals surface area contributed by atoms with Gasteiger partial charge < -0.3 is 24.6 Å². The van der Waals surface area contributed by atoms with Gasteiger partial charge in [0, 0.05) is 21.1 Å². The van der Waals surface area contributed by atoms with Gasteiger partial charge in [-0.3, -0.25) is 19.4 Å². The number of carbonyl (C=O) groups is 3. The lowest BCUT2D eigenvalue weighted by Gasteiger charge is -2.08. The Hall–Kier alpha value is -8.33. The van der Waals surface area contributed by atoms with Crippen LogP contribution in [0.5, 0.6) is 0 Å². The number of rotatable bonds is 8. The molecule has 0 fully saturated rings. The molecule has 6 rings (SSSR count). The lowest BCUT2D eigenvalue weighted by molar-refractivity contribution is 0.0504. The number of aromatic carboxylic acids is 1. The van der Waals surface area contributed by atoms with Crippen molar-refractivity contribution in [2.45, 2.75) is 13.8 Å².